The third-order valence-corrected chi connectivity index (χ3v) is 2.73. The Morgan fingerprint density at radius 1 is 1.17 bits per heavy atom. The summed E-state index contributed by atoms with van der Waals surface area (Å²) in [7, 11) is 4.13. The molecule has 1 aliphatic heterocycles. The fraction of sp³-hybridized carbons (Fsp3) is 1.00. The van der Waals surface area contributed by atoms with E-state index in [2.05, 4.69) is 7.05 Å². The van der Waals surface area contributed by atoms with Crippen LogP contribution in [0.15, 0.2) is 0 Å². The van der Waals surface area contributed by atoms with Crippen molar-refractivity contribution in [3.63, 3.8) is 0 Å². The third-order valence-electron chi connectivity index (χ3n) is 2.73. The van der Waals surface area contributed by atoms with Gasteiger partial charge >= 0.3 is 0 Å². The first-order valence-corrected chi connectivity index (χ1v) is 4.59. The molecule has 12 heavy (non-hydrogen) atoms. The summed E-state index contributed by atoms with van der Waals surface area (Å²) in [5.41, 5.74) is 0. The summed E-state index contributed by atoms with van der Waals surface area (Å²) in [4.78, 5) is 0. The molecule has 3 heteroatoms. The van der Waals surface area contributed by atoms with E-state index >= 15 is 0 Å². The van der Waals surface area contributed by atoms with E-state index < -0.39 is 0 Å². The van der Waals surface area contributed by atoms with Crippen molar-refractivity contribution >= 4 is 0 Å². The van der Waals surface area contributed by atoms with E-state index in [0.29, 0.717) is 0 Å². The van der Waals surface area contributed by atoms with Crippen molar-refractivity contribution in [3.05, 3.63) is 0 Å². The molecule has 0 aromatic carbocycles. The zero-order chi connectivity index (χ0) is 8.16. The zero-order valence-corrected chi connectivity index (χ0v) is 8.25. The number of likely N-dealkylation sites (tertiary alicyclic amines) is 1. The topological polar surface area (TPSA) is 39.2 Å². The van der Waals surface area contributed by atoms with Crippen molar-refractivity contribution < 1.29 is 14.7 Å². The molecule has 1 heterocycles. The second kappa shape index (κ2) is 5.51. The SMILES string of the molecule is COCC[N+]1(C)CCCCC1.[OH-]. The molecule has 74 valence electrons. The Morgan fingerprint density at radius 3 is 2.25 bits per heavy atom. The maximum Gasteiger partial charge on any atom is 0.102 e. The Balaban J connectivity index is 0.00000121. The standard InChI is InChI=1S/C9H20NO.H2O/c1-10(8-9-11-2)6-4-3-5-7-10;/h3-9H2,1-2H3;1H2/q+1;/p-1. The van der Waals surface area contributed by atoms with Crippen LogP contribution in [0.4, 0.5) is 0 Å². The Morgan fingerprint density at radius 2 is 1.75 bits per heavy atom. The number of hydrogen-bond acceptors (Lipinski definition) is 2. The molecule has 0 aromatic rings. The van der Waals surface area contributed by atoms with Crippen molar-refractivity contribution in [2.45, 2.75) is 19.3 Å². The van der Waals surface area contributed by atoms with Gasteiger partial charge in [-0.1, -0.05) is 0 Å². The van der Waals surface area contributed by atoms with Gasteiger partial charge in [-0.3, -0.25) is 0 Å². The van der Waals surface area contributed by atoms with Crippen molar-refractivity contribution in [2.75, 3.05) is 40.4 Å². The minimum atomic E-state index is 0. The summed E-state index contributed by atoms with van der Waals surface area (Å²) in [5, 5.41) is 0. The van der Waals surface area contributed by atoms with Crippen LogP contribution in [0, 0.1) is 0 Å². The van der Waals surface area contributed by atoms with E-state index in [0.717, 1.165) is 6.61 Å². The molecule has 1 rings (SSSR count). The summed E-state index contributed by atoms with van der Waals surface area (Å²) in [6.45, 7) is 4.81. The molecule has 1 N–H and O–H groups in total. The van der Waals surface area contributed by atoms with Gasteiger partial charge in [-0.2, -0.15) is 0 Å². The number of rotatable bonds is 3. The van der Waals surface area contributed by atoms with E-state index in [4.69, 9.17) is 4.74 Å². The highest BCUT2D eigenvalue weighted by Crippen LogP contribution is 2.15. The largest absolute Gasteiger partial charge is 0.870 e. The molecule has 0 amide bonds. The summed E-state index contributed by atoms with van der Waals surface area (Å²) in [6.07, 6.45) is 4.24. The monoisotopic (exact) mass is 175 g/mol. The molecule has 1 fully saturated rings. The molecule has 1 saturated heterocycles. The summed E-state index contributed by atoms with van der Waals surface area (Å²) >= 11 is 0. The molecule has 0 unspecified atom stereocenters. The smallest absolute Gasteiger partial charge is 0.102 e. The highest BCUT2D eigenvalue weighted by molar-refractivity contribution is 4.51. The van der Waals surface area contributed by atoms with Crippen LogP contribution in [0.3, 0.4) is 0 Å². The van der Waals surface area contributed by atoms with Crippen LogP contribution in [0.2, 0.25) is 0 Å². The molecule has 0 spiro atoms. The fourth-order valence-corrected chi connectivity index (χ4v) is 1.81. The van der Waals surface area contributed by atoms with Gasteiger partial charge in [-0.25, -0.2) is 0 Å². The maximum atomic E-state index is 5.09. The quantitative estimate of drug-likeness (QED) is 0.602. The number of nitrogens with zero attached hydrogens (tertiary/aromatic N) is 1. The normalized spacial score (nSPS) is 21.5. The van der Waals surface area contributed by atoms with E-state index in [9.17, 15) is 0 Å². The fourth-order valence-electron chi connectivity index (χ4n) is 1.81. The second-order valence-corrected chi connectivity index (χ2v) is 3.84. The molecular formula is C9H21NO2. The second-order valence-electron chi connectivity index (χ2n) is 3.84. The van der Waals surface area contributed by atoms with Gasteiger partial charge in [-0.05, 0) is 19.3 Å². The Bertz CT molecular complexity index is 111. The lowest BCUT2D eigenvalue weighted by Crippen LogP contribution is -2.49. The van der Waals surface area contributed by atoms with Gasteiger partial charge in [-0.15, -0.1) is 0 Å². The number of quaternary nitrogens is 1. The van der Waals surface area contributed by atoms with Crippen molar-refractivity contribution in [1.29, 1.82) is 0 Å². The minimum absolute atomic E-state index is 0. The number of hydrogen-bond donors (Lipinski definition) is 0. The number of piperidine rings is 1. The average molecular weight is 175 g/mol. The summed E-state index contributed by atoms with van der Waals surface area (Å²) < 4.78 is 6.32. The highest BCUT2D eigenvalue weighted by Gasteiger charge is 2.23. The molecule has 0 bridgehead atoms. The molecule has 1 aliphatic rings. The first-order valence-electron chi connectivity index (χ1n) is 4.59. The lowest BCUT2D eigenvalue weighted by molar-refractivity contribution is -0.914. The van der Waals surface area contributed by atoms with Crippen LogP contribution in [0.1, 0.15) is 19.3 Å². The molecule has 0 saturated carbocycles. The van der Waals surface area contributed by atoms with Crippen LogP contribution < -0.4 is 0 Å². The average Bonchev–Trinajstić information content (AvgIpc) is 2.03. The molecule has 3 nitrogen and oxygen atoms in total. The molecule has 0 radical (unpaired) electrons. The van der Waals surface area contributed by atoms with Crippen LogP contribution in [-0.4, -0.2) is 50.4 Å². The zero-order valence-electron chi connectivity index (χ0n) is 8.25. The Labute approximate surface area is 75.2 Å². The molecule has 0 atom stereocenters. The van der Waals surface area contributed by atoms with Gasteiger partial charge in [0.15, 0.2) is 0 Å². The van der Waals surface area contributed by atoms with Gasteiger partial charge in [0, 0.05) is 7.11 Å². The molecular weight excluding hydrogens is 154 g/mol. The summed E-state index contributed by atoms with van der Waals surface area (Å²) in [6, 6.07) is 0. The van der Waals surface area contributed by atoms with Crippen LogP contribution >= 0.6 is 0 Å². The number of ether oxygens (including phenoxy) is 1. The first kappa shape index (κ1) is 11.9. The predicted molar refractivity (Wildman–Crippen MR) is 48.4 cm³/mol. The molecule has 0 aromatic heterocycles. The van der Waals surface area contributed by atoms with Crippen LogP contribution in [0.25, 0.3) is 0 Å². The van der Waals surface area contributed by atoms with Gasteiger partial charge in [0.2, 0.25) is 0 Å². The number of methoxy groups -OCH3 is 1. The minimum Gasteiger partial charge on any atom is -0.870 e. The van der Waals surface area contributed by atoms with E-state index in [-0.39, 0.29) is 5.48 Å². The van der Waals surface area contributed by atoms with E-state index in [1.165, 1.54) is 43.4 Å². The molecule has 0 aliphatic carbocycles. The van der Waals surface area contributed by atoms with Crippen LogP contribution in [0.5, 0.6) is 0 Å². The lowest BCUT2D eigenvalue weighted by atomic mass is 10.1. The number of likely N-dealkylation sites (N-methyl/N-ethyl adjacent to an activating group) is 1. The predicted octanol–water partition coefficient (Wildman–Crippen LogP) is 1.09. The van der Waals surface area contributed by atoms with E-state index in [1.54, 1.807) is 7.11 Å². The summed E-state index contributed by atoms with van der Waals surface area (Å²) in [5.74, 6) is 0. The third kappa shape index (κ3) is 3.52. The van der Waals surface area contributed by atoms with Gasteiger partial charge in [0.05, 0.1) is 26.7 Å². The van der Waals surface area contributed by atoms with Crippen molar-refractivity contribution in [1.82, 2.24) is 0 Å². The van der Waals surface area contributed by atoms with Crippen molar-refractivity contribution in [3.8, 4) is 0 Å². The van der Waals surface area contributed by atoms with Gasteiger partial charge < -0.3 is 14.7 Å². The highest BCUT2D eigenvalue weighted by atomic mass is 16.5. The van der Waals surface area contributed by atoms with Gasteiger partial charge in [0.1, 0.15) is 6.54 Å². The van der Waals surface area contributed by atoms with Gasteiger partial charge in [0.25, 0.3) is 0 Å². The van der Waals surface area contributed by atoms with Crippen molar-refractivity contribution in [2.24, 2.45) is 0 Å². The Hall–Kier alpha value is -0.120. The lowest BCUT2D eigenvalue weighted by Gasteiger charge is -2.37. The first-order chi connectivity index (χ1) is 5.27. The Kier molecular flexibility index (Phi) is 5.46. The van der Waals surface area contributed by atoms with Crippen LogP contribution in [-0.2, 0) is 4.74 Å². The van der Waals surface area contributed by atoms with E-state index in [1.807, 2.05) is 0 Å². The maximum absolute atomic E-state index is 5.09.